The summed E-state index contributed by atoms with van der Waals surface area (Å²) < 4.78 is 15.2. The van der Waals surface area contributed by atoms with Crippen molar-refractivity contribution in [1.29, 1.82) is 0 Å². The number of methoxy groups -OCH3 is 1. The fourth-order valence-corrected chi connectivity index (χ4v) is 2.47. The number of carbonyl (C=O) groups is 1. The molecule has 22 heavy (non-hydrogen) atoms. The van der Waals surface area contributed by atoms with E-state index in [4.69, 9.17) is 8.83 Å². The van der Waals surface area contributed by atoms with E-state index in [-0.39, 0.29) is 5.76 Å². The molecule has 0 fully saturated rings. The van der Waals surface area contributed by atoms with Gasteiger partial charge >= 0.3 is 5.97 Å². The molecule has 0 atom stereocenters. The largest absolute Gasteiger partial charge is 0.463 e. The number of ether oxygens (including phenoxy) is 1. The highest BCUT2D eigenvalue weighted by molar-refractivity contribution is 7.98. The van der Waals surface area contributed by atoms with Crippen LogP contribution in [-0.2, 0) is 10.5 Å². The summed E-state index contributed by atoms with van der Waals surface area (Å²) in [6.45, 7) is 0. The molecule has 0 aliphatic carbocycles. The second-order valence-electron chi connectivity index (χ2n) is 4.28. The molecule has 0 spiro atoms. The lowest BCUT2D eigenvalue weighted by atomic mass is 10.3. The Balaban J connectivity index is 1.62. The van der Waals surface area contributed by atoms with Crippen LogP contribution >= 0.6 is 11.8 Å². The van der Waals surface area contributed by atoms with Crippen LogP contribution in [0.2, 0.25) is 0 Å². The SMILES string of the molecule is COC(=O)c1ccc(CSc2ccc(-c3ccco3)nn2)o1. The zero-order valence-corrected chi connectivity index (χ0v) is 12.5. The lowest BCUT2D eigenvalue weighted by Crippen LogP contribution is -1.98. The smallest absolute Gasteiger partial charge is 0.373 e. The van der Waals surface area contributed by atoms with Gasteiger partial charge in [0.05, 0.1) is 19.1 Å². The van der Waals surface area contributed by atoms with E-state index in [9.17, 15) is 4.79 Å². The molecular formula is C15H12N2O4S. The van der Waals surface area contributed by atoms with Crippen molar-refractivity contribution in [3.05, 3.63) is 54.2 Å². The Labute approximate surface area is 130 Å². The summed E-state index contributed by atoms with van der Waals surface area (Å²) in [6, 6.07) is 10.7. The molecule has 0 bridgehead atoms. The zero-order chi connectivity index (χ0) is 15.4. The minimum atomic E-state index is -0.487. The van der Waals surface area contributed by atoms with Crippen LogP contribution in [-0.4, -0.2) is 23.3 Å². The van der Waals surface area contributed by atoms with Crippen molar-refractivity contribution >= 4 is 17.7 Å². The van der Waals surface area contributed by atoms with Gasteiger partial charge in [-0.2, -0.15) is 0 Å². The average molecular weight is 316 g/mol. The van der Waals surface area contributed by atoms with E-state index in [1.54, 1.807) is 24.5 Å². The maximum Gasteiger partial charge on any atom is 0.373 e. The molecule has 0 amide bonds. The summed E-state index contributed by atoms with van der Waals surface area (Å²) in [7, 11) is 1.31. The molecule has 0 aliphatic rings. The first-order valence-electron chi connectivity index (χ1n) is 6.43. The van der Waals surface area contributed by atoms with Gasteiger partial charge in [0.25, 0.3) is 0 Å². The van der Waals surface area contributed by atoms with Crippen molar-refractivity contribution in [1.82, 2.24) is 10.2 Å². The van der Waals surface area contributed by atoms with E-state index in [1.165, 1.54) is 18.9 Å². The molecule has 3 aromatic rings. The fourth-order valence-electron chi connectivity index (χ4n) is 1.76. The molecule has 0 saturated heterocycles. The normalized spacial score (nSPS) is 10.6. The van der Waals surface area contributed by atoms with Gasteiger partial charge in [-0.25, -0.2) is 4.79 Å². The van der Waals surface area contributed by atoms with Gasteiger partial charge in [0.1, 0.15) is 16.5 Å². The number of thioether (sulfide) groups is 1. The number of rotatable bonds is 5. The van der Waals surface area contributed by atoms with Crippen molar-refractivity contribution in [3.8, 4) is 11.5 Å². The van der Waals surface area contributed by atoms with Gasteiger partial charge in [-0.15, -0.1) is 10.2 Å². The summed E-state index contributed by atoms with van der Waals surface area (Å²) in [5, 5.41) is 8.99. The van der Waals surface area contributed by atoms with Crippen LogP contribution in [0.5, 0.6) is 0 Å². The molecule has 0 aromatic carbocycles. The Kier molecular flexibility index (Phi) is 4.24. The summed E-state index contributed by atoms with van der Waals surface area (Å²) in [5.41, 5.74) is 0.681. The van der Waals surface area contributed by atoms with Gasteiger partial charge in [0.15, 0.2) is 5.76 Å². The lowest BCUT2D eigenvalue weighted by molar-refractivity contribution is 0.0563. The van der Waals surface area contributed by atoms with Crippen LogP contribution < -0.4 is 0 Å². The predicted octanol–water partition coefficient (Wildman–Crippen LogP) is 3.41. The van der Waals surface area contributed by atoms with Crippen LogP contribution in [0.25, 0.3) is 11.5 Å². The highest BCUT2D eigenvalue weighted by Crippen LogP contribution is 2.24. The summed E-state index contributed by atoms with van der Waals surface area (Å²) in [4.78, 5) is 11.3. The van der Waals surface area contributed by atoms with Crippen LogP contribution in [0.15, 0.2) is 56.5 Å². The number of carbonyl (C=O) groups excluding carboxylic acids is 1. The van der Waals surface area contributed by atoms with Crippen LogP contribution in [0.1, 0.15) is 16.3 Å². The molecule has 0 saturated carbocycles. The minimum Gasteiger partial charge on any atom is -0.463 e. The molecule has 0 aliphatic heterocycles. The Hall–Kier alpha value is -2.54. The number of furan rings is 2. The molecule has 7 heteroatoms. The first-order chi connectivity index (χ1) is 10.8. The molecular weight excluding hydrogens is 304 g/mol. The second-order valence-corrected chi connectivity index (χ2v) is 5.28. The Bertz CT molecular complexity index is 750. The zero-order valence-electron chi connectivity index (χ0n) is 11.7. The highest BCUT2D eigenvalue weighted by atomic mass is 32.2. The molecule has 3 rings (SSSR count). The van der Waals surface area contributed by atoms with E-state index in [0.717, 1.165) is 5.03 Å². The first kappa shape index (κ1) is 14.4. The molecule has 0 unspecified atom stereocenters. The Morgan fingerprint density at radius 3 is 2.82 bits per heavy atom. The van der Waals surface area contributed by atoms with Gasteiger partial charge in [-0.05, 0) is 36.4 Å². The van der Waals surface area contributed by atoms with Crippen LogP contribution in [0.3, 0.4) is 0 Å². The summed E-state index contributed by atoms with van der Waals surface area (Å²) >= 11 is 1.46. The number of esters is 1. The van der Waals surface area contributed by atoms with Gasteiger partial charge in [0.2, 0.25) is 5.76 Å². The van der Waals surface area contributed by atoms with Gasteiger partial charge in [-0.1, -0.05) is 11.8 Å². The maximum atomic E-state index is 11.3. The number of aromatic nitrogens is 2. The average Bonchev–Trinajstić information content (AvgIpc) is 3.24. The molecule has 112 valence electrons. The Morgan fingerprint density at radius 1 is 1.23 bits per heavy atom. The highest BCUT2D eigenvalue weighted by Gasteiger charge is 2.11. The summed E-state index contributed by atoms with van der Waals surface area (Å²) in [6.07, 6.45) is 1.59. The molecule has 3 aromatic heterocycles. The fraction of sp³-hybridized carbons (Fsp3) is 0.133. The number of hydrogen-bond donors (Lipinski definition) is 0. The molecule has 0 radical (unpaired) electrons. The number of nitrogens with zero attached hydrogens (tertiary/aromatic N) is 2. The third kappa shape index (κ3) is 3.20. The second kappa shape index (κ2) is 6.48. The van der Waals surface area contributed by atoms with Crippen molar-refractivity contribution in [2.75, 3.05) is 7.11 Å². The quantitative estimate of drug-likeness (QED) is 0.527. The van der Waals surface area contributed by atoms with Crippen molar-refractivity contribution in [2.45, 2.75) is 10.8 Å². The van der Waals surface area contributed by atoms with Crippen molar-refractivity contribution in [2.24, 2.45) is 0 Å². The van der Waals surface area contributed by atoms with E-state index >= 15 is 0 Å². The maximum absolute atomic E-state index is 11.3. The molecule has 6 nitrogen and oxygen atoms in total. The van der Waals surface area contributed by atoms with Crippen LogP contribution in [0, 0.1) is 0 Å². The Morgan fingerprint density at radius 2 is 2.14 bits per heavy atom. The number of hydrogen-bond acceptors (Lipinski definition) is 7. The van der Waals surface area contributed by atoms with Gasteiger partial charge in [-0.3, -0.25) is 0 Å². The van der Waals surface area contributed by atoms with E-state index in [0.29, 0.717) is 23.0 Å². The minimum absolute atomic E-state index is 0.192. The summed E-state index contributed by atoms with van der Waals surface area (Å²) in [5.74, 6) is 1.60. The standard InChI is InChI=1S/C15H12N2O4S/c1-19-15(18)13-6-4-10(21-13)9-22-14-7-5-11(16-17-14)12-3-2-8-20-12/h2-8H,9H2,1H3. The third-order valence-corrected chi connectivity index (χ3v) is 3.77. The predicted molar refractivity (Wildman–Crippen MR) is 79.3 cm³/mol. The van der Waals surface area contributed by atoms with E-state index < -0.39 is 5.97 Å². The van der Waals surface area contributed by atoms with Gasteiger partial charge in [0, 0.05) is 0 Å². The molecule has 0 N–H and O–H groups in total. The lowest BCUT2D eigenvalue weighted by Gasteiger charge is -1.99. The molecule has 3 heterocycles. The van der Waals surface area contributed by atoms with E-state index in [2.05, 4.69) is 14.9 Å². The van der Waals surface area contributed by atoms with E-state index in [1.807, 2.05) is 18.2 Å². The van der Waals surface area contributed by atoms with Crippen molar-refractivity contribution in [3.63, 3.8) is 0 Å². The van der Waals surface area contributed by atoms with Crippen molar-refractivity contribution < 1.29 is 18.4 Å². The monoisotopic (exact) mass is 316 g/mol. The van der Waals surface area contributed by atoms with Gasteiger partial charge < -0.3 is 13.6 Å². The topological polar surface area (TPSA) is 78.4 Å². The van der Waals surface area contributed by atoms with Crippen LogP contribution in [0.4, 0.5) is 0 Å². The first-order valence-corrected chi connectivity index (χ1v) is 7.42. The third-order valence-electron chi connectivity index (χ3n) is 2.82.